The molecule has 6 nitrogen and oxygen atoms in total. The predicted molar refractivity (Wildman–Crippen MR) is 120 cm³/mol. The molecule has 176 valence electrons. The van der Waals surface area contributed by atoms with Gasteiger partial charge in [-0.1, -0.05) is 32.0 Å². The topological polar surface area (TPSA) is 76.4 Å². The molecule has 1 heterocycles. The largest absolute Gasteiger partial charge is 0.496 e. The summed E-state index contributed by atoms with van der Waals surface area (Å²) < 4.78 is 50.0. The van der Waals surface area contributed by atoms with E-state index in [9.17, 15) is 23.1 Å². The van der Waals surface area contributed by atoms with Gasteiger partial charge in [-0.2, -0.15) is 18.3 Å². The van der Waals surface area contributed by atoms with Crippen molar-refractivity contribution < 1.29 is 23.0 Å². The van der Waals surface area contributed by atoms with Gasteiger partial charge in [0, 0.05) is 23.7 Å². The van der Waals surface area contributed by atoms with E-state index in [0.29, 0.717) is 27.6 Å². The van der Waals surface area contributed by atoms with Gasteiger partial charge < -0.3 is 15.2 Å². The highest BCUT2D eigenvalue weighted by Gasteiger charge is 2.64. The Bertz CT molecular complexity index is 1300. The second-order valence-electron chi connectivity index (χ2n) is 9.28. The number of halogens is 3. The van der Waals surface area contributed by atoms with Gasteiger partial charge in [-0.25, -0.2) is 4.68 Å². The summed E-state index contributed by atoms with van der Waals surface area (Å²) in [7, 11) is 2.98. The van der Waals surface area contributed by atoms with Gasteiger partial charge in [-0.15, -0.1) is 0 Å². The highest BCUT2D eigenvalue weighted by Crippen LogP contribution is 2.56. The zero-order valence-corrected chi connectivity index (χ0v) is 19.0. The lowest BCUT2D eigenvalue weighted by molar-refractivity contribution is -0.275. The molecule has 2 unspecified atom stereocenters. The lowest BCUT2D eigenvalue weighted by Gasteiger charge is -2.49. The van der Waals surface area contributed by atoms with Crippen LogP contribution in [-0.4, -0.2) is 33.8 Å². The number of anilines is 1. The summed E-state index contributed by atoms with van der Waals surface area (Å²) >= 11 is 0. The van der Waals surface area contributed by atoms with Crippen molar-refractivity contribution >= 4 is 16.5 Å². The van der Waals surface area contributed by atoms with Gasteiger partial charge in [0.1, 0.15) is 5.75 Å². The molecule has 3 aromatic rings. The fraction of sp³-hybridized carbons (Fsp3) is 0.417. The lowest BCUT2D eigenvalue weighted by atomic mass is 9.63. The van der Waals surface area contributed by atoms with Crippen molar-refractivity contribution in [1.29, 1.82) is 0 Å². The van der Waals surface area contributed by atoms with E-state index in [-0.39, 0.29) is 11.2 Å². The van der Waals surface area contributed by atoms with Gasteiger partial charge in [-0.05, 0) is 42.0 Å². The van der Waals surface area contributed by atoms with E-state index in [1.165, 1.54) is 20.4 Å². The normalized spacial score (nSPS) is 22.2. The van der Waals surface area contributed by atoms with Gasteiger partial charge in [-0.3, -0.25) is 4.79 Å². The summed E-state index contributed by atoms with van der Waals surface area (Å²) in [6, 6.07) is 6.50. The molecule has 1 aliphatic rings. The summed E-state index contributed by atoms with van der Waals surface area (Å²) in [4.78, 5) is 12.5. The molecule has 0 aliphatic heterocycles. The number of hydrogen-bond acceptors (Lipinski definition) is 5. The number of nitrogens with one attached hydrogen (secondary N) is 1. The SMILES string of the molecule is COc1c(C)ccc2c1C(C)(C)CC(O)(C(F)(F)F)C2Nc1cccc2c(=O)n(C)ncc12. The maximum atomic E-state index is 14.4. The molecule has 0 radical (unpaired) electrons. The van der Waals surface area contributed by atoms with Crippen LogP contribution < -0.4 is 15.6 Å². The number of methoxy groups -OCH3 is 1. The number of aliphatic hydroxyl groups is 1. The third-order valence-electron chi connectivity index (χ3n) is 6.55. The number of benzene rings is 2. The van der Waals surface area contributed by atoms with Crippen LogP contribution >= 0.6 is 0 Å². The number of hydrogen-bond donors (Lipinski definition) is 2. The average molecular weight is 461 g/mol. The Labute approximate surface area is 189 Å². The number of fused-ring (bicyclic) bond motifs is 2. The molecule has 0 spiro atoms. The van der Waals surface area contributed by atoms with E-state index in [2.05, 4.69) is 10.4 Å². The molecule has 2 atom stereocenters. The zero-order valence-electron chi connectivity index (χ0n) is 19.0. The summed E-state index contributed by atoms with van der Waals surface area (Å²) in [5.74, 6) is 0.502. The molecular formula is C24H26F3N3O3. The third kappa shape index (κ3) is 3.45. The third-order valence-corrected chi connectivity index (χ3v) is 6.55. The van der Waals surface area contributed by atoms with Crippen LogP contribution in [0, 0.1) is 6.92 Å². The molecule has 9 heteroatoms. The molecule has 0 bridgehead atoms. The number of rotatable bonds is 3. The summed E-state index contributed by atoms with van der Waals surface area (Å²) in [5.41, 5.74) is -2.49. The van der Waals surface area contributed by atoms with E-state index in [4.69, 9.17) is 4.74 Å². The van der Waals surface area contributed by atoms with Crippen molar-refractivity contribution in [3.8, 4) is 5.75 Å². The minimum Gasteiger partial charge on any atom is -0.496 e. The quantitative estimate of drug-likeness (QED) is 0.606. The number of alkyl halides is 3. The summed E-state index contributed by atoms with van der Waals surface area (Å²) in [6.07, 6.45) is -4.06. The Morgan fingerprint density at radius 1 is 1.21 bits per heavy atom. The smallest absolute Gasteiger partial charge is 0.419 e. The molecule has 0 saturated carbocycles. The molecule has 0 amide bonds. The van der Waals surface area contributed by atoms with Gasteiger partial charge in [0.15, 0.2) is 5.60 Å². The van der Waals surface area contributed by atoms with Crippen LogP contribution in [0.3, 0.4) is 0 Å². The lowest BCUT2D eigenvalue weighted by Crippen LogP contribution is -2.58. The standard InChI is InChI=1S/C24H26F3N3O3/c1-13-9-10-15-18(19(13)33-5)22(2,3)12-23(32,24(25,26)27)20(15)29-17-8-6-7-14-16(17)11-28-30(4)21(14)31/h6-11,20,29,32H,12H2,1-5H3. The maximum absolute atomic E-state index is 14.4. The van der Waals surface area contributed by atoms with E-state index >= 15 is 0 Å². The number of nitrogens with zero attached hydrogens (tertiary/aromatic N) is 2. The van der Waals surface area contributed by atoms with Crippen LogP contribution in [0.4, 0.5) is 18.9 Å². The second-order valence-corrected chi connectivity index (χ2v) is 9.28. The highest BCUT2D eigenvalue weighted by molar-refractivity contribution is 5.92. The molecule has 0 saturated heterocycles. The fourth-order valence-electron chi connectivity index (χ4n) is 5.03. The minimum atomic E-state index is -4.92. The van der Waals surface area contributed by atoms with Crippen molar-refractivity contribution in [2.45, 2.75) is 50.4 Å². The van der Waals surface area contributed by atoms with Crippen LogP contribution in [-0.2, 0) is 12.5 Å². The Morgan fingerprint density at radius 2 is 1.91 bits per heavy atom. The maximum Gasteiger partial charge on any atom is 0.419 e. The molecule has 33 heavy (non-hydrogen) atoms. The summed E-state index contributed by atoms with van der Waals surface area (Å²) in [6.45, 7) is 5.17. The van der Waals surface area contributed by atoms with E-state index in [1.807, 2.05) is 6.92 Å². The highest BCUT2D eigenvalue weighted by atomic mass is 19.4. The number of aryl methyl sites for hydroxylation is 2. The number of ether oxygens (including phenoxy) is 1. The number of aromatic nitrogens is 2. The van der Waals surface area contributed by atoms with Crippen molar-refractivity contribution in [3.63, 3.8) is 0 Å². The minimum absolute atomic E-state index is 0.274. The first kappa shape index (κ1) is 23.1. The molecule has 0 fully saturated rings. The van der Waals surface area contributed by atoms with Crippen molar-refractivity contribution in [2.24, 2.45) is 7.05 Å². The first-order valence-corrected chi connectivity index (χ1v) is 10.5. The molecule has 1 aliphatic carbocycles. The first-order valence-electron chi connectivity index (χ1n) is 10.5. The zero-order chi connectivity index (χ0) is 24.3. The monoisotopic (exact) mass is 461 g/mol. The molecular weight excluding hydrogens is 435 g/mol. The van der Waals surface area contributed by atoms with Crippen molar-refractivity contribution in [3.05, 3.63) is 63.6 Å². The van der Waals surface area contributed by atoms with Gasteiger partial charge in [0.2, 0.25) is 0 Å². The van der Waals surface area contributed by atoms with Crippen molar-refractivity contribution in [1.82, 2.24) is 9.78 Å². The second kappa shape index (κ2) is 7.48. The Kier molecular flexibility index (Phi) is 5.24. The van der Waals surface area contributed by atoms with E-state index in [1.54, 1.807) is 44.2 Å². The fourth-order valence-corrected chi connectivity index (χ4v) is 5.03. The van der Waals surface area contributed by atoms with Gasteiger partial charge >= 0.3 is 6.18 Å². The van der Waals surface area contributed by atoms with Crippen molar-refractivity contribution in [2.75, 3.05) is 12.4 Å². The van der Waals surface area contributed by atoms with E-state index < -0.39 is 29.7 Å². The molecule has 2 aromatic carbocycles. The van der Waals surface area contributed by atoms with Crippen LogP contribution in [0.2, 0.25) is 0 Å². The molecule has 1 aromatic heterocycles. The van der Waals surface area contributed by atoms with Crippen LogP contribution in [0.15, 0.2) is 41.3 Å². The van der Waals surface area contributed by atoms with Gasteiger partial charge in [0.25, 0.3) is 5.56 Å². The van der Waals surface area contributed by atoms with Crippen LogP contribution in [0.5, 0.6) is 5.75 Å². The Balaban J connectivity index is 1.99. The Hall–Kier alpha value is -3.07. The van der Waals surface area contributed by atoms with E-state index in [0.717, 1.165) is 10.2 Å². The van der Waals surface area contributed by atoms with Crippen LogP contribution in [0.25, 0.3) is 10.8 Å². The first-order chi connectivity index (χ1) is 15.3. The molecule has 4 rings (SSSR count). The summed E-state index contributed by atoms with van der Waals surface area (Å²) in [5, 5.41) is 18.8. The van der Waals surface area contributed by atoms with Gasteiger partial charge in [0.05, 0.1) is 24.7 Å². The Morgan fingerprint density at radius 3 is 2.55 bits per heavy atom. The average Bonchev–Trinajstić information content (AvgIpc) is 2.72. The predicted octanol–water partition coefficient (Wildman–Crippen LogP) is 4.38. The van der Waals surface area contributed by atoms with Crippen LogP contribution in [0.1, 0.15) is 43.0 Å². The molecule has 2 N–H and O–H groups in total.